The third-order valence-electron chi connectivity index (χ3n) is 5.52. The van der Waals surface area contributed by atoms with Crippen LogP contribution in [0.2, 0.25) is 0 Å². The van der Waals surface area contributed by atoms with Gasteiger partial charge in [-0.25, -0.2) is 9.97 Å². The van der Waals surface area contributed by atoms with Gasteiger partial charge in [-0.2, -0.15) is 0 Å². The SMILES string of the molecule is CN(CC(=O)N1CCOCC1)c1nc(-c2cccnc2)nc2scc(-c3ccccc3)c12. The summed E-state index contributed by atoms with van der Waals surface area (Å²) in [5.41, 5.74) is 3.02. The molecule has 7 nitrogen and oxygen atoms in total. The van der Waals surface area contributed by atoms with E-state index in [0.717, 1.165) is 32.7 Å². The molecular formula is C24H23N5O2S. The van der Waals surface area contributed by atoms with Gasteiger partial charge in [0.05, 0.1) is 25.1 Å². The minimum atomic E-state index is 0.0713. The number of nitrogens with zero attached hydrogens (tertiary/aromatic N) is 5. The number of fused-ring (bicyclic) bond motifs is 1. The van der Waals surface area contributed by atoms with E-state index in [-0.39, 0.29) is 12.5 Å². The lowest BCUT2D eigenvalue weighted by atomic mass is 10.1. The largest absolute Gasteiger partial charge is 0.378 e. The van der Waals surface area contributed by atoms with Gasteiger partial charge in [0.15, 0.2) is 5.82 Å². The summed E-state index contributed by atoms with van der Waals surface area (Å²) in [7, 11) is 1.92. The van der Waals surface area contributed by atoms with E-state index in [4.69, 9.17) is 14.7 Å². The highest BCUT2D eigenvalue weighted by atomic mass is 32.1. The zero-order valence-corrected chi connectivity index (χ0v) is 18.6. The van der Waals surface area contributed by atoms with Gasteiger partial charge in [0.2, 0.25) is 5.91 Å². The van der Waals surface area contributed by atoms with E-state index in [1.807, 2.05) is 47.2 Å². The van der Waals surface area contributed by atoms with Gasteiger partial charge < -0.3 is 14.5 Å². The van der Waals surface area contributed by atoms with Crippen molar-refractivity contribution in [2.75, 3.05) is 44.8 Å². The van der Waals surface area contributed by atoms with Gasteiger partial charge in [0.1, 0.15) is 10.6 Å². The third-order valence-corrected chi connectivity index (χ3v) is 6.39. The standard InChI is InChI=1S/C24H23N5O2S/c1-28(15-20(30)29-10-12-31-13-11-29)23-21-19(17-6-3-2-4-7-17)16-32-24(21)27-22(26-23)18-8-5-9-25-14-18/h2-9,14,16H,10-13,15H2,1H3. The van der Waals surface area contributed by atoms with Crippen molar-refractivity contribution >= 4 is 33.3 Å². The first-order chi connectivity index (χ1) is 15.7. The molecule has 1 fully saturated rings. The van der Waals surface area contributed by atoms with Gasteiger partial charge in [-0.15, -0.1) is 11.3 Å². The van der Waals surface area contributed by atoms with Crippen LogP contribution in [0.15, 0.2) is 60.2 Å². The summed E-state index contributed by atoms with van der Waals surface area (Å²) in [6.45, 7) is 2.66. The maximum atomic E-state index is 12.9. The molecule has 4 heterocycles. The van der Waals surface area contributed by atoms with Gasteiger partial charge in [-0.05, 0) is 17.7 Å². The summed E-state index contributed by atoms with van der Waals surface area (Å²) >= 11 is 1.59. The maximum Gasteiger partial charge on any atom is 0.242 e. The lowest BCUT2D eigenvalue weighted by molar-refractivity contribution is -0.133. The van der Waals surface area contributed by atoms with Crippen molar-refractivity contribution in [2.45, 2.75) is 0 Å². The Labute approximate surface area is 190 Å². The van der Waals surface area contributed by atoms with Crippen LogP contribution in [-0.4, -0.2) is 65.7 Å². The Bertz CT molecular complexity index is 1220. The van der Waals surface area contributed by atoms with Crippen LogP contribution < -0.4 is 4.90 Å². The molecule has 5 rings (SSSR count). The summed E-state index contributed by atoms with van der Waals surface area (Å²) in [5.74, 6) is 1.42. The fourth-order valence-corrected chi connectivity index (χ4v) is 4.79. The van der Waals surface area contributed by atoms with E-state index < -0.39 is 0 Å². The summed E-state index contributed by atoms with van der Waals surface area (Å²) in [6.07, 6.45) is 3.49. The molecule has 0 atom stereocenters. The smallest absolute Gasteiger partial charge is 0.242 e. The molecule has 4 aromatic rings. The van der Waals surface area contributed by atoms with Crippen molar-refractivity contribution in [3.63, 3.8) is 0 Å². The Balaban J connectivity index is 1.59. The second kappa shape index (κ2) is 9.02. The summed E-state index contributed by atoms with van der Waals surface area (Å²) < 4.78 is 5.38. The number of rotatable bonds is 5. The number of hydrogen-bond donors (Lipinski definition) is 0. The molecule has 0 radical (unpaired) electrons. The van der Waals surface area contributed by atoms with Crippen LogP contribution in [0.4, 0.5) is 5.82 Å². The number of thiophene rings is 1. The molecule has 0 aliphatic carbocycles. The maximum absolute atomic E-state index is 12.9. The zero-order chi connectivity index (χ0) is 21.9. The molecule has 0 bridgehead atoms. The number of benzene rings is 1. The molecular weight excluding hydrogens is 422 g/mol. The molecule has 1 aromatic carbocycles. The lowest BCUT2D eigenvalue weighted by Crippen LogP contribution is -2.45. The molecule has 1 aliphatic rings. The first-order valence-corrected chi connectivity index (χ1v) is 11.4. The summed E-state index contributed by atoms with van der Waals surface area (Å²) in [4.78, 5) is 31.6. The van der Waals surface area contributed by atoms with E-state index in [9.17, 15) is 4.79 Å². The third kappa shape index (κ3) is 4.06. The number of carbonyl (C=O) groups excluding carboxylic acids is 1. The fraction of sp³-hybridized carbons (Fsp3) is 0.250. The summed E-state index contributed by atoms with van der Waals surface area (Å²) in [6, 6.07) is 14.0. The van der Waals surface area contributed by atoms with E-state index in [2.05, 4.69) is 22.5 Å². The number of amides is 1. The Morgan fingerprint density at radius 1 is 1.09 bits per heavy atom. The average Bonchev–Trinajstić information content (AvgIpc) is 3.29. The Hall–Kier alpha value is -3.36. The molecule has 3 aromatic heterocycles. The molecule has 32 heavy (non-hydrogen) atoms. The number of likely N-dealkylation sites (N-methyl/N-ethyl adjacent to an activating group) is 1. The zero-order valence-electron chi connectivity index (χ0n) is 17.8. The highest BCUT2D eigenvalue weighted by molar-refractivity contribution is 7.17. The summed E-state index contributed by atoms with van der Waals surface area (Å²) in [5, 5.41) is 3.08. The van der Waals surface area contributed by atoms with Gasteiger partial charge in [-0.1, -0.05) is 30.3 Å². The predicted molar refractivity (Wildman–Crippen MR) is 127 cm³/mol. The van der Waals surface area contributed by atoms with Crippen LogP contribution in [0.3, 0.4) is 0 Å². The number of morpholine rings is 1. The molecule has 1 amide bonds. The molecule has 8 heteroatoms. The van der Waals surface area contributed by atoms with Crippen LogP contribution in [0.5, 0.6) is 0 Å². The normalized spacial score (nSPS) is 14.0. The van der Waals surface area contributed by atoms with Crippen LogP contribution >= 0.6 is 11.3 Å². The second-order valence-electron chi connectivity index (χ2n) is 7.66. The number of ether oxygens (including phenoxy) is 1. The molecule has 162 valence electrons. The van der Waals surface area contributed by atoms with Crippen molar-refractivity contribution in [1.82, 2.24) is 19.9 Å². The Morgan fingerprint density at radius 3 is 2.62 bits per heavy atom. The Morgan fingerprint density at radius 2 is 1.88 bits per heavy atom. The quantitative estimate of drug-likeness (QED) is 0.466. The van der Waals surface area contributed by atoms with E-state index in [0.29, 0.717) is 32.1 Å². The van der Waals surface area contributed by atoms with E-state index in [1.54, 1.807) is 23.7 Å². The van der Waals surface area contributed by atoms with Gasteiger partial charge >= 0.3 is 0 Å². The number of carbonyl (C=O) groups is 1. The average molecular weight is 446 g/mol. The van der Waals surface area contributed by atoms with Crippen molar-refractivity contribution in [1.29, 1.82) is 0 Å². The lowest BCUT2D eigenvalue weighted by Gasteiger charge is -2.29. The first kappa shape index (κ1) is 20.5. The molecule has 0 saturated carbocycles. The Kier molecular flexibility index (Phi) is 5.79. The molecule has 1 aliphatic heterocycles. The second-order valence-corrected chi connectivity index (χ2v) is 8.52. The van der Waals surface area contributed by atoms with Crippen molar-refractivity contribution in [2.24, 2.45) is 0 Å². The minimum absolute atomic E-state index is 0.0713. The molecule has 0 spiro atoms. The molecule has 0 N–H and O–H groups in total. The number of hydrogen-bond acceptors (Lipinski definition) is 7. The highest BCUT2D eigenvalue weighted by Crippen LogP contribution is 2.39. The van der Waals surface area contributed by atoms with Crippen LogP contribution in [0.25, 0.3) is 32.7 Å². The van der Waals surface area contributed by atoms with Crippen LogP contribution in [0, 0.1) is 0 Å². The van der Waals surface area contributed by atoms with Gasteiger partial charge in [0, 0.05) is 49.0 Å². The first-order valence-electron chi connectivity index (χ1n) is 10.5. The topological polar surface area (TPSA) is 71.5 Å². The monoisotopic (exact) mass is 445 g/mol. The number of pyridine rings is 1. The van der Waals surface area contributed by atoms with Gasteiger partial charge in [0.25, 0.3) is 0 Å². The minimum Gasteiger partial charge on any atom is -0.378 e. The van der Waals surface area contributed by atoms with E-state index >= 15 is 0 Å². The fourth-order valence-electron chi connectivity index (χ4n) is 3.84. The van der Waals surface area contributed by atoms with Gasteiger partial charge in [-0.3, -0.25) is 9.78 Å². The van der Waals surface area contributed by atoms with Crippen molar-refractivity contribution in [3.8, 4) is 22.5 Å². The van der Waals surface area contributed by atoms with Crippen molar-refractivity contribution < 1.29 is 9.53 Å². The molecule has 1 saturated heterocycles. The van der Waals surface area contributed by atoms with Crippen molar-refractivity contribution in [3.05, 3.63) is 60.2 Å². The molecule has 0 unspecified atom stereocenters. The van der Waals surface area contributed by atoms with Crippen LogP contribution in [0.1, 0.15) is 0 Å². The predicted octanol–water partition coefficient (Wildman–Crippen LogP) is 3.72. The van der Waals surface area contributed by atoms with Crippen LogP contribution in [-0.2, 0) is 9.53 Å². The number of anilines is 1. The number of aromatic nitrogens is 3. The van der Waals surface area contributed by atoms with E-state index in [1.165, 1.54) is 0 Å². The highest BCUT2D eigenvalue weighted by Gasteiger charge is 2.23.